The van der Waals surface area contributed by atoms with E-state index in [4.69, 9.17) is 4.74 Å². The Kier molecular flexibility index (Phi) is 4.24. The monoisotopic (exact) mass is 312 g/mol. The van der Waals surface area contributed by atoms with Gasteiger partial charge < -0.3 is 14.9 Å². The minimum absolute atomic E-state index is 0.126. The lowest BCUT2D eigenvalue weighted by atomic mass is 9.88. The van der Waals surface area contributed by atoms with Gasteiger partial charge in [0.2, 0.25) is 0 Å². The third-order valence-corrected chi connectivity index (χ3v) is 4.26. The van der Waals surface area contributed by atoms with E-state index in [0.717, 1.165) is 22.3 Å². The topological polar surface area (TPSA) is 70.1 Å². The van der Waals surface area contributed by atoms with Crippen molar-refractivity contribution in [1.82, 2.24) is 0 Å². The first-order valence-corrected chi connectivity index (χ1v) is 7.81. The second-order valence-electron chi connectivity index (χ2n) is 5.98. The summed E-state index contributed by atoms with van der Waals surface area (Å²) in [5, 5.41) is 19.5. The Morgan fingerprint density at radius 2 is 2.09 bits per heavy atom. The first-order chi connectivity index (χ1) is 11.0. The van der Waals surface area contributed by atoms with Crippen LogP contribution in [0.2, 0.25) is 0 Å². The largest absolute Gasteiger partial charge is 0.508 e. The average Bonchev–Trinajstić information content (AvgIpc) is 3.37. The van der Waals surface area contributed by atoms with Crippen LogP contribution in [-0.4, -0.2) is 22.6 Å². The van der Waals surface area contributed by atoms with Crippen LogP contribution < -0.4 is 0 Å². The fraction of sp³-hybridized carbons (Fsp3) is 0.316. The molecular formula is C19H20O4. The zero-order valence-corrected chi connectivity index (χ0v) is 13.1. The van der Waals surface area contributed by atoms with Crippen molar-refractivity contribution in [3.63, 3.8) is 0 Å². The molecule has 1 heterocycles. The minimum atomic E-state index is 0.126. The van der Waals surface area contributed by atoms with Gasteiger partial charge in [-0.2, -0.15) is 0 Å². The molecular weight excluding hydrogens is 292 g/mol. The molecule has 1 aliphatic carbocycles. The van der Waals surface area contributed by atoms with Crippen LogP contribution in [0.25, 0.3) is 0 Å². The Hall–Kier alpha value is -2.49. The molecule has 2 N–H and O–H groups in total. The predicted molar refractivity (Wildman–Crippen MR) is 87.1 cm³/mol. The summed E-state index contributed by atoms with van der Waals surface area (Å²) < 4.78 is 5.03. The van der Waals surface area contributed by atoms with E-state index < -0.39 is 0 Å². The molecule has 1 saturated heterocycles. The summed E-state index contributed by atoms with van der Waals surface area (Å²) in [4.78, 5) is 12.4. The molecule has 0 spiro atoms. The van der Waals surface area contributed by atoms with Crippen molar-refractivity contribution in [2.45, 2.75) is 32.6 Å². The molecule has 1 aliphatic heterocycles. The lowest BCUT2D eigenvalue weighted by Gasteiger charge is -2.17. The van der Waals surface area contributed by atoms with Crippen molar-refractivity contribution in [3.8, 4) is 5.75 Å². The lowest BCUT2D eigenvalue weighted by Crippen LogP contribution is -2.09. The molecule has 0 atom stereocenters. The number of rotatable bonds is 5. The maximum atomic E-state index is 12.4. The van der Waals surface area contributed by atoms with E-state index in [-0.39, 0.29) is 17.3 Å². The van der Waals surface area contributed by atoms with Gasteiger partial charge in [0.05, 0.1) is 0 Å². The van der Waals surface area contributed by atoms with Gasteiger partial charge in [-0.3, -0.25) is 4.79 Å². The van der Waals surface area contributed by atoms with E-state index >= 15 is 0 Å². The molecule has 0 unspecified atom stereocenters. The number of carbonyl (C=O) groups is 1. The van der Waals surface area contributed by atoms with Gasteiger partial charge in [-0.1, -0.05) is 18.2 Å². The Bertz CT molecular complexity index is 731. The Morgan fingerprint density at radius 3 is 2.74 bits per heavy atom. The summed E-state index contributed by atoms with van der Waals surface area (Å²) in [6.07, 6.45) is 4.22. The third kappa shape index (κ3) is 3.65. The second kappa shape index (κ2) is 6.32. The smallest absolute Gasteiger partial charge is 0.176 e. The quantitative estimate of drug-likeness (QED) is 0.642. The van der Waals surface area contributed by atoms with Crippen LogP contribution in [0.1, 0.15) is 31.7 Å². The van der Waals surface area contributed by atoms with Crippen molar-refractivity contribution in [1.29, 1.82) is 0 Å². The minimum Gasteiger partial charge on any atom is -0.508 e. The van der Waals surface area contributed by atoms with Gasteiger partial charge >= 0.3 is 0 Å². The Morgan fingerprint density at radius 1 is 1.30 bits per heavy atom. The van der Waals surface area contributed by atoms with E-state index in [1.54, 1.807) is 18.2 Å². The van der Waals surface area contributed by atoms with Crippen LogP contribution in [0.3, 0.4) is 0 Å². The van der Waals surface area contributed by atoms with Crippen LogP contribution in [-0.2, 0) is 16.0 Å². The van der Waals surface area contributed by atoms with E-state index in [0.29, 0.717) is 38.0 Å². The van der Waals surface area contributed by atoms with Gasteiger partial charge in [0.25, 0.3) is 0 Å². The molecule has 23 heavy (non-hydrogen) atoms. The summed E-state index contributed by atoms with van der Waals surface area (Å²) in [6.45, 7) is 2.41. The second-order valence-corrected chi connectivity index (χ2v) is 5.98. The van der Waals surface area contributed by atoms with Gasteiger partial charge in [-0.05, 0) is 55.0 Å². The van der Waals surface area contributed by atoms with Crippen molar-refractivity contribution >= 4 is 5.78 Å². The zero-order chi connectivity index (χ0) is 16.4. The summed E-state index contributed by atoms with van der Waals surface area (Å²) >= 11 is 0. The van der Waals surface area contributed by atoms with E-state index in [1.165, 1.54) is 0 Å². The number of phenolic OH excluding ortho intramolecular Hbond substituents is 1. The molecule has 0 aromatic heterocycles. The number of hydrogen-bond donors (Lipinski definition) is 2. The molecule has 0 saturated carbocycles. The van der Waals surface area contributed by atoms with Crippen molar-refractivity contribution < 1.29 is 19.7 Å². The molecule has 3 rings (SSSR count). The standard InChI is InChI=1S/C19H20O4/c1-12-9-14(6-7-16(12)19(22)18-11-23-18)17(21)8-5-13-3-2-4-15(20)10-13/h2-4,9-10,20,22H,5-8,11H2,1H3/b19-18+. The van der Waals surface area contributed by atoms with Gasteiger partial charge in [0.1, 0.15) is 12.4 Å². The van der Waals surface area contributed by atoms with E-state index in [9.17, 15) is 15.0 Å². The van der Waals surface area contributed by atoms with E-state index in [2.05, 4.69) is 0 Å². The van der Waals surface area contributed by atoms with Crippen LogP contribution in [0.5, 0.6) is 5.75 Å². The van der Waals surface area contributed by atoms with Gasteiger partial charge in [0, 0.05) is 12.0 Å². The van der Waals surface area contributed by atoms with Crippen LogP contribution in [0.4, 0.5) is 0 Å². The number of aryl methyl sites for hydroxylation is 1. The van der Waals surface area contributed by atoms with Crippen LogP contribution >= 0.6 is 0 Å². The highest BCUT2D eigenvalue weighted by Gasteiger charge is 2.25. The third-order valence-electron chi connectivity index (χ3n) is 4.26. The number of carbonyl (C=O) groups excluding carboxylic acids is 1. The number of ether oxygens (including phenoxy) is 1. The SMILES string of the molecule is CC1=C(/C(O)=C2/CO2)CCC(C(=O)CCc2cccc(O)c2)=C1. The molecule has 120 valence electrons. The number of Topliss-reactive ketones (excluding diaryl/α,β-unsaturated/α-hetero) is 1. The number of aliphatic hydroxyl groups excluding tert-OH is 1. The highest BCUT2D eigenvalue weighted by Crippen LogP contribution is 2.33. The van der Waals surface area contributed by atoms with Gasteiger partial charge in [0.15, 0.2) is 17.3 Å². The first-order valence-electron chi connectivity index (χ1n) is 7.81. The summed E-state index contributed by atoms with van der Waals surface area (Å²) in [6, 6.07) is 7.00. The number of phenols is 1. The molecule has 0 radical (unpaired) electrons. The highest BCUT2D eigenvalue weighted by atomic mass is 16.6. The fourth-order valence-electron chi connectivity index (χ4n) is 2.87. The highest BCUT2D eigenvalue weighted by molar-refractivity contribution is 5.96. The number of ketones is 1. The predicted octanol–water partition coefficient (Wildman–Crippen LogP) is 3.73. The maximum absolute atomic E-state index is 12.4. The molecule has 1 fully saturated rings. The van der Waals surface area contributed by atoms with Crippen molar-refractivity contribution in [2.75, 3.05) is 6.61 Å². The van der Waals surface area contributed by atoms with Gasteiger partial charge in [-0.15, -0.1) is 0 Å². The van der Waals surface area contributed by atoms with Crippen molar-refractivity contribution in [2.24, 2.45) is 0 Å². The van der Waals surface area contributed by atoms with E-state index in [1.807, 2.05) is 19.1 Å². The lowest BCUT2D eigenvalue weighted by molar-refractivity contribution is -0.115. The number of epoxide rings is 1. The summed E-state index contributed by atoms with van der Waals surface area (Å²) in [5.74, 6) is 1.24. The van der Waals surface area contributed by atoms with Crippen LogP contribution in [0, 0.1) is 0 Å². The van der Waals surface area contributed by atoms with Crippen LogP contribution in [0.15, 0.2) is 58.6 Å². The first kappa shape index (κ1) is 15.4. The summed E-state index contributed by atoms with van der Waals surface area (Å²) in [5.41, 5.74) is 3.57. The van der Waals surface area contributed by atoms with Crippen molar-refractivity contribution in [3.05, 3.63) is 64.1 Å². The number of allylic oxidation sites excluding steroid dienone is 4. The normalized spacial score (nSPS) is 19.1. The van der Waals surface area contributed by atoms with Gasteiger partial charge in [-0.25, -0.2) is 0 Å². The number of aliphatic hydroxyl groups is 1. The zero-order valence-electron chi connectivity index (χ0n) is 13.1. The average molecular weight is 312 g/mol. The molecule has 2 aliphatic rings. The Balaban J connectivity index is 1.66. The number of hydrogen-bond acceptors (Lipinski definition) is 4. The molecule has 0 amide bonds. The fourth-order valence-corrected chi connectivity index (χ4v) is 2.87. The Labute approximate surface area is 135 Å². The molecule has 1 aromatic rings. The number of benzene rings is 1. The maximum Gasteiger partial charge on any atom is 0.176 e. The molecule has 4 nitrogen and oxygen atoms in total. The molecule has 1 aromatic carbocycles. The summed E-state index contributed by atoms with van der Waals surface area (Å²) in [7, 11) is 0. The molecule has 4 heteroatoms. The number of aromatic hydroxyl groups is 1. The molecule has 0 bridgehead atoms.